The average Bonchev–Trinajstić information content (AvgIpc) is 2.90. The fourth-order valence-corrected chi connectivity index (χ4v) is 4.09. The summed E-state index contributed by atoms with van der Waals surface area (Å²) >= 11 is 0. The predicted molar refractivity (Wildman–Crippen MR) is 85.8 cm³/mol. The van der Waals surface area contributed by atoms with Crippen molar-refractivity contribution in [1.29, 1.82) is 0 Å². The molecule has 0 radical (unpaired) electrons. The standard InChI is InChI=1S/C18H20F3N3O/c1-9(2)24-17(15-13-7-12(25)8-14(13)15)22-16(23-24)10-4-3-5-11(6-10)18(19,20)21/h3-6,9,12-15,25H,7-8H2,1-2H3. The average molecular weight is 351 g/mol. The highest BCUT2D eigenvalue weighted by Crippen LogP contribution is 2.62. The van der Waals surface area contributed by atoms with Crippen molar-refractivity contribution in [1.82, 2.24) is 14.8 Å². The highest BCUT2D eigenvalue weighted by Gasteiger charge is 2.58. The molecule has 0 aliphatic heterocycles. The van der Waals surface area contributed by atoms with Crippen LogP contribution >= 0.6 is 0 Å². The summed E-state index contributed by atoms with van der Waals surface area (Å²) in [4.78, 5) is 4.60. The zero-order valence-corrected chi connectivity index (χ0v) is 14.0. The van der Waals surface area contributed by atoms with Crippen LogP contribution in [0.5, 0.6) is 0 Å². The van der Waals surface area contributed by atoms with Crippen LogP contribution in [0.1, 0.15) is 50.0 Å². The van der Waals surface area contributed by atoms with Crippen molar-refractivity contribution in [3.63, 3.8) is 0 Å². The molecule has 25 heavy (non-hydrogen) atoms. The van der Waals surface area contributed by atoms with Gasteiger partial charge in [0.25, 0.3) is 0 Å². The van der Waals surface area contributed by atoms with Crippen molar-refractivity contribution >= 4 is 0 Å². The topological polar surface area (TPSA) is 50.9 Å². The normalized spacial score (nSPS) is 28.4. The number of hydrogen-bond acceptors (Lipinski definition) is 3. The van der Waals surface area contributed by atoms with Crippen LogP contribution in [0.15, 0.2) is 24.3 Å². The van der Waals surface area contributed by atoms with Crippen LogP contribution in [0.4, 0.5) is 13.2 Å². The van der Waals surface area contributed by atoms with Gasteiger partial charge in [0.15, 0.2) is 5.82 Å². The van der Waals surface area contributed by atoms with Gasteiger partial charge in [-0.05, 0) is 50.7 Å². The molecule has 4 rings (SSSR count). The molecule has 0 amide bonds. The first-order chi connectivity index (χ1) is 11.8. The van der Waals surface area contributed by atoms with Crippen molar-refractivity contribution in [2.24, 2.45) is 11.8 Å². The maximum atomic E-state index is 13.0. The summed E-state index contributed by atoms with van der Waals surface area (Å²) in [6, 6.07) is 5.22. The Hall–Kier alpha value is -1.89. The van der Waals surface area contributed by atoms with E-state index in [9.17, 15) is 18.3 Å². The number of nitrogens with zero attached hydrogens (tertiary/aromatic N) is 3. The molecular weight excluding hydrogens is 331 g/mol. The molecule has 0 saturated heterocycles. The zero-order chi connectivity index (χ0) is 17.9. The van der Waals surface area contributed by atoms with Gasteiger partial charge in [-0.3, -0.25) is 0 Å². The minimum Gasteiger partial charge on any atom is -0.393 e. The van der Waals surface area contributed by atoms with Gasteiger partial charge in [-0.15, -0.1) is 0 Å². The summed E-state index contributed by atoms with van der Waals surface area (Å²) in [6.45, 7) is 3.97. The number of rotatable bonds is 3. The summed E-state index contributed by atoms with van der Waals surface area (Å²) in [5, 5.41) is 14.2. The Kier molecular flexibility index (Phi) is 3.68. The lowest BCUT2D eigenvalue weighted by Gasteiger charge is -2.11. The molecule has 1 aromatic heterocycles. The molecule has 134 valence electrons. The van der Waals surface area contributed by atoms with Crippen LogP contribution < -0.4 is 0 Å². The quantitative estimate of drug-likeness (QED) is 0.908. The third kappa shape index (κ3) is 2.84. The second kappa shape index (κ2) is 5.56. The number of alkyl halides is 3. The van der Waals surface area contributed by atoms with E-state index in [-0.39, 0.29) is 18.1 Å². The zero-order valence-electron chi connectivity index (χ0n) is 14.0. The molecule has 1 heterocycles. The maximum absolute atomic E-state index is 13.0. The van der Waals surface area contributed by atoms with Crippen LogP contribution in [0.25, 0.3) is 11.4 Å². The van der Waals surface area contributed by atoms with E-state index in [0.29, 0.717) is 23.2 Å². The van der Waals surface area contributed by atoms with Crippen LogP contribution in [-0.2, 0) is 6.18 Å². The molecule has 2 fully saturated rings. The second-order valence-corrected chi connectivity index (χ2v) is 7.39. The van der Waals surface area contributed by atoms with Crippen LogP contribution in [-0.4, -0.2) is 26.0 Å². The van der Waals surface area contributed by atoms with Crippen molar-refractivity contribution < 1.29 is 18.3 Å². The van der Waals surface area contributed by atoms with Gasteiger partial charge in [0, 0.05) is 17.5 Å². The SMILES string of the molecule is CC(C)n1nc(-c2cccc(C(F)(F)F)c2)nc1C1C2CC(O)CC21. The first-order valence-electron chi connectivity index (χ1n) is 8.58. The largest absolute Gasteiger partial charge is 0.416 e. The van der Waals surface area contributed by atoms with E-state index in [2.05, 4.69) is 10.1 Å². The van der Waals surface area contributed by atoms with E-state index in [1.807, 2.05) is 18.5 Å². The monoisotopic (exact) mass is 351 g/mol. The van der Waals surface area contributed by atoms with Crippen molar-refractivity contribution in [3.05, 3.63) is 35.7 Å². The van der Waals surface area contributed by atoms with Gasteiger partial charge in [-0.2, -0.15) is 18.3 Å². The van der Waals surface area contributed by atoms with E-state index in [0.717, 1.165) is 30.8 Å². The van der Waals surface area contributed by atoms with Gasteiger partial charge in [0.05, 0.1) is 11.7 Å². The number of benzene rings is 1. The molecule has 2 saturated carbocycles. The molecule has 4 nitrogen and oxygen atoms in total. The Balaban J connectivity index is 1.69. The lowest BCUT2D eigenvalue weighted by Crippen LogP contribution is -2.11. The molecule has 1 N–H and O–H groups in total. The highest BCUT2D eigenvalue weighted by atomic mass is 19.4. The van der Waals surface area contributed by atoms with Gasteiger partial charge >= 0.3 is 6.18 Å². The Morgan fingerprint density at radius 2 is 1.88 bits per heavy atom. The van der Waals surface area contributed by atoms with Gasteiger partial charge in [0.1, 0.15) is 5.82 Å². The maximum Gasteiger partial charge on any atom is 0.416 e. The van der Waals surface area contributed by atoms with E-state index < -0.39 is 11.7 Å². The number of halogens is 3. The fourth-order valence-electron chi connectivity index (χ4n) is 4.09. The Bertz CT molecular complexity index is 787. The van der Waals surface area contributed by atoms with Crippen LogP contribution in [0, 0.1) is 11.8 Å². The Morgan fingerprint density at radius 3 is 2.48 bits per heavy atom. The molecule has 2 aliphatic rings. The molecule has 2 aromatic rings. The van der Waals surface area contributed by atoms with E-state index in [1.54, 1.807) is 6.07 Å². The molecule has 7 heteroatoms. The third-order valence-electron chi connectivity index (χ3n) is 5.31. The van der Waals surface area contributed by atoms with Crippen molar-refractivity contribution in [2.45, 2.75) is 50.9 Å². The van der Waals surface area contributed by atoms with E-state index in [1.165, 1.54) is 6.07 Å². The van der Waals surface area contributed by atoms with Gasteiger partial charge in [-0.1, -0.05) is 12.1 Å². The second-order valence-electron chi connectivity index (χ2n) is 7.39. The lowest BCUT2D eigenvalue weighted by molar-refractivity contribution is -0.137. The van der Waals surface area contributed by atoms with Crippen molar-refractivity contribution in [3.8, 4) is 11.4 Å². The summed E-state index contributed by atoms with van der Waals surface area (Å²) in [5.74, 6) is 2.28. The predicted octanol–water partition coefficient (Wildman–Crippen LogP) is 4.03. The first-order valence-corrected chi connectivity index (χ1v) is 8.58. The minimum absolute atomic E-state index is 0.0771. The smallest absolute Gasteiger partial charge is 0.393 e. The molecule has 0 bridgehead atoms. The van der Waals surface area contributed by atoms with Crippen molar-refractivity contribution in [2.75, 3.05) is 0 Å². The summed E-state index contributed by atoms with van der Waals surface area (Å²) in [5.41, 5.74) is -0.319. The fraction of sp³-hybridized carbons (Fsp3) is 0.556. The molecular formula is C18H20F3N3O. The highest BCUT2D eigenvalue weighted by molar-refractivity contribution is 5.56. The number of fused-ring (bicyclic) bond motifs is 1. The van der Waals surface area contributed by atoms with Crippen LogP contribution in [0.3, 0.4) is 0 Å². The molecule has 2 aliphatic carbocycles. The summed E-state index contributed by atoms with van der Waals surface area (Å²) < 4.78 is 40.7. The Morgan fingerprint density at radius 1 is 1.20 bits per heavy atom. The van der Waals surface area contributed by atoms with Gasteiger partial charge in [0.2, 0.25) is 0 Å². The number of aromatic nitrogens is 3. The minimum atomic E-state index is -4.39. The molecule has 2 atom stereocenters. The number of aliphatic hydroxyl groups is 1. The lowest BCUT2D eigenvalue weighted by atomic mass is 10.1. The van der Waals surface area contributed by atoms with Gasteiger partial charge in [-0.25, -0.2) is 9.67 Å². The number of aliphatic hydroxyl groups excluding tert-OH is 1. The van der Waals surface area contributed by atoms with Crippen LogP contribution in [0.2, 0.25) is 0 Å². The van der Waals surface area contributed by atoms with E-state index >= 15 is 0 Å². The number of hydrogen-bond donors (Lipinski definition) is 1. The van der Waals surface area contributed by atoms with E-state index in [4.69, 9.17) is 0 Å². The summed E-state index contributed by atoms with van der Waals surface area (Å²) in [6.07, 6.45) is -3.06. The van der Waals surface area contributed by atoms with Gasteiger partial charge < -0.3 is 5.11 Å². The molecule has 2 unspecified atom stereocenters. The third-order valence-corrected chi connectivity index (χ3v) is 5.31. The molecule has 0 spiro atoms. The first kappa shape index (κ1) is 16.6. The summed E-state index contributed by atoms with van der Waals surface area (Å²) in [7, 11) is 0. The Labute approximate surface area is 143 Å². The molecule has 1 aromatic carbocycles.